The number of aromatic carboxylic acids is 1. The number of ether oxygens (including phenoxy) is 1. The molecule has 0 radical (unpaired) electrons. The summed E-state index contributed by atoms with van der Waals surface area (Å²) in [6, 6.07) is 4.01. The lowest BCUT2D eigenvalue weighted by Crippen LogP contribution is -2.35. The van der Waals surface area contributed by atoms with E-state index in [1.807, 2.05) is 0 Å². The number of amides is 1. The molecule has 2 unspecified atom stereocenters. The molecule has 108 valence electrons. The number of hydrogen-bond acceptors (Lipinski definition) is 4. The molecule has 3 N–H and O–H groups in total. The first-order valence-electron chi connectivity index (χ1n) is 6.11. The molecule has 1 aliphatic rings. The Morgan fingerprint density at radius 2 is 2.25 bits per heavy atom. The molecule has 2 atom stereocenters. The number of carbonyl (C=O) groups is 2. The van der Waals surface area contributed by atoms with E-state index in [1.165, 1.54) is 12.1 Å². The van der Waals surface area contributed by atoms with Gasteiger partial charge in [-0.3, -0.25) is 4.79 Å². The van der Waals surface area contributed by atoms with Crippen LogP contribution in [0.15, 0.2) is 18.2 Å². The van der Waals surface area contributed by atoms with Crippen molar-refractivity contribution in [3.8, 4) is 0 Å². The molecule has 1 aliphatic heterocycles. The minimum absolute atomic E-state index is 0.0190. The fourth-order valence-electron chi connectivity index (χ4n) is 2.08. The number of benzene rings is 1. The number of carboxylic acids is 1. The Morgan fingerprint density at radius 1 is 1.50 bits per heavy atom. The van der Waals surface area contributed by atoms with Gasteiger partial charge in [0.25, 0.3) is 0 Å². The Labute approximate surface area is 121 Å². The van der Waals surface area contributed by atoms with E-state index in [9.17, 15) is 9.59 Å². The monoisotopic (exact) mass is 298 g/mol. The largest absolute Gasteiger partial charge is 0.478 e. The van der Waals surface area contributed by atoms with Gasteiger partial charge in [0.15, 0.2) is 0 Å². The maximum absolute atomic E-state index is 12.0. The zero-order valence-corrected chi connectivity index (χ0v) is 11.6. The van der Waals surface area contributed by atoms with Gasteiger partial charge in [-0.1, -0.05) is 11.6 Å². The molecular formula is C13H15ClN2O4. The van der Waals surface area contributed by atoms with Crippen LogP contribution in [0.4, 0.5) is 5.69 Å². The molecule has 0 saturated carbocycles. The minimum Gasteiger partial charge on any atom is -0.478 e. The highest BCUT2D eigenvalue weighted by Crippen LogP contribution is 2.21. The normalized spacial score (nSPS) is 21.7. The van der Waals surface area contributed by atoms with Gasteiger partial charge in [-0.15, -0.1) is 0 Å². The molecule has 2 rings (SSSR count). The maximum atomic E-state index is 12.0. The van der Waals surface area contributed by atoms with Crippen LogP contribution in [-0.2, 0) is 9.53 Å². The van der Waals surface area contributed by atoms with E-state index in [0.717, 1.165) is 0 Å². The summed E-state index contributed by atoms with van der Waals surface area (Å²) >= 11 is 5.77. The van der Waals surface area contributed by atoms with Crippen molar-refractivity contribution in [2.24, 2.45) is 0 Å². The van der Waals surface area contributed by atoms with E-state index < -0.39 is 5.97 Å². The molecule has 7 heteroatoms. The lowest BCUT2D eigenvalue weighted by molar-refractivity contribution is -0.118. The molecule has 20 heavy (non-hydrogen) atoms. The SMILES string of the molecule is COC1CNC(C(=O)Nc2ccc(Cl)c(C(=O)O)c2)C1. The molecule has 0 aromatic heterocycles. The van der Waals surface area contributed by atoms with E-state index in [0.29, 0.717) is 18.7 Å². The van der Waals surface area contributed by atoms with Crippen LogP contribution in [0.3, 0.4) is 0 Å². The number of carbonyl (C=O) groups excluding carboxylic acids is 1. The summed E-state index contributed by atoms with van der Waals surface area (Å²) in [5.74, 6) is -1.35. The fourth-order valence-corrected chi connectivity index (χ4v) is 2.28. The zero-order chi connectivity index (χ0) is 14.7. The molecular weight excluding hydrogens is 284 g/mol. The third-order valence-corrected chi connectivity index (χ3v) is 3.53. The summed E-state index contributed by atoms with van der Waals surface area (Å²) in [7, 11) is 1.60. The maximum Gasteiger partial charge on any atom is 0.337 e. The van der Waals surface area contributed by atoms with E-state index in [-0.39, 0.29) is 28.6 Å². The van der Waals surface area contributed by atoms with Gasteiger partial charge in [-0.05, 0) is 24.6 Å². The van der Waals surface area contributed by atoms with E-state index >= 15 is 0 Å². The second-order valence-electron chi connectivity index (χ2n) is 4.54. The van der Waals surface area contributed by atoms with E-state index in [2.05, 4.69) is 10.6 Å². The van der Waals surface area contributed by atoms with Gasteiger partial charge in [-0.2, -0.15) is 0 Å². The quantitative estimate of drug-likeness (QED) is 0.781. The van der Waals surface area contributed by atoms with Gasteiger partial charge in [0, 0.05) is 19.3 Å². The molecule has 1 saturated heterocycles. The van der Waals surface area contributed by atoms with Gasteiger partial charge in [-0.25, -0.2) is 4.79 Å². The van der Waals surface area contributed by atoms with Crippen LogP contribution in [0.5, 0.6) is 0 Å². The Kier molecular flexibility index (Phi) is 4.59. The second-order valence-corrected chi connectivity index (χ2v) is 4.95. The van der Waals surface area contributed by atoms with Gasteiger partial charge in [0.05, 0.1) is 22.7 Å². The highest BCUT2D eigenvalue weighted by molar-refractivity contribution is 6.33. The van der Waals surface area contributed by atoms with Crippen LogP contribution in [0.2, 0.25) is 5.02 Å². The molecule has 1 heterocycles. The first-order chi connectivity index (χ1) is 9.51. The number of anilines is 1. The number of methoxy groups -OCH3 is 1. The Balaban J connectivity index is 2.05. The van der Waals surface area contributed by atoms with Crippen LogP contribution in [0.25, 0.3) is 0 Å². The first-order valence-corrected chi connectivity index (χ1v) is 6.49. The highest BCUT2D eigenvalue weighted by atomic mass is 35.5. The first kappa shape index (κ1) is 14.8. The summed E-state index contributed by atoms with van der Waals surface area (Å²) in [4.78, 5) is 23.0. The van der Waals surface area contributed by atoms with Crippen molar-refractivity contribution in [2.45, 2.75) is 18.6 Å². The number of carboxylic acid groups (broad SMARTS) is 1. The zero-order valence-electron chi connectivity index (χ0n) is 10.9. The number of rotatable bonds is 4. The Hall–Kier alpha value is -1.63. The summed E-state index contributed by atoms with van der Waals surface area (Å²) in [6.45, 7) is 0.621. The van der Waals surface area contributed by atoms with Crippen molar-refractivity contribution in [1.29, 1.82) is 0 Å². The van der Waals surface area contributed by atoms with Gasteiger partial charge < -0.3 is 20.5 Å². The topological polar surface area (TPSA) is 87.7 Å². The van der Waals surface area contributed by atoms with Crippen LogP contribution in [-0.4, -0.2) is 42.8 Å². The summed E-state index contributed by atoms with van der Waals surface area (Å²) in [6.07, 6.45) is 0.604. The van der Waals surface area contributed by atoms with Crippen LogP contribution >= 0.6 is 11.6 Å². The highest BCUT2D eigenvalue weighted by Gasteiger charge is 2.29. The Bertz CT molecular complexity index is 535. The molecule has 1 aromatic carbocycles. The minimum atomic E-state index is -1.13. The number of halogens is 1. The average Bonchev–Trinajstić information content (AvgIpc) is 2.89. The molecule has 0 spiro atoms. The molecule has 1 amide bonds. The van der Waals surface area contributed by atoms with Gasteiger partial charge in [0.1, 0.15) is 0 Å². The van der Waals surface area contributed by atoms with Crippen molar-refractivity contribution < 1.29 is 19.4 Å². The van der Waals surface area contributed by atoms with Crippen molar-refractivity contribution in [2.75, 3.05) is 19.0 Å². The third-order valence-electron chi connectivity index (χ3n) is 3.20. The lowest BCUT2D eigenvalue weighted by Gasteiger charge is -2.12. The molecule has 1 aromatic rings. The molecule has 0 aliphatic carbocycles. The molecule has 0 bridgehead atoms. The van der Waals surface area contributed by atoms with Crippen LogP contribution in [0.1, 0.15) is 16.8 Å². The number of hydrogen-bond donors (Lipinski definition) is 3. The van der Waals surface area contributed by atoms with Crippen LogP contribution < -0.4 is 10.6 Å². The van der Waals surface area contributed by atoms with E-state index in [1.54, 1.807) is 13.2 Å². The smallest absolute Gasteiger partial charge is 0.337 e. The Morgan fingerprint density at radius 3 is 2.85 bits per heavy atom. The summed E-state index contributed by atoms with van der Waals surface area (Å²) in [5, 5.41) is 14.8. The summed E-state index contributed by atoms with van der Waals surface area (Å²) < 4.78 is 5.17. The van der Waals surface area contributed by atoms with Gasteiger partial charge >= 0.3 is 5.97 Å². The standard InChI is InChI=1S/C13H15ClN2O4/c1-20-8-5-11(15-6-8)12(17)16-7-2-3-10(14)9(4-7)13(18)19/h2-4,8,11,15H,5-6H2,1H3,(H,16,17)(H,18,19). The predicted octanol–water partition coefficient (Wildman–Crippen LogP) is 1.35. The fraction of sp³-hybridized carbons (Fsp3) is 0.385. The van der Waals surface area contributed by atoms with Crippen LogP contribution in [0, 0.1) is 0 Å². The average molecular weight is 299 g/mol. The lowest BCUT2D eigenvalue weighted by atomic mass is 10.1. The third kappa shape index (κ3) is 3.27. The van der Waals surface area contributed by atoms with Crippen molar-refractivity contribution in [3.05, 3.63) is 28.8 Å². The van der Waals surface area contributed by atoms with Crippen molar-refractivity contribution >= 4 is 29.2 Å². The van der Waals surface area contributed by atoms with Crippen molar-refractivity contribution in [1.82, 2.24) is 5.32 Å². The predicted molar refractivity (Wildman–Crippen MR) is 74.2 cm³/mol. The summed E-state index contributed by atoms with van der Waals surface area (Å²) in [5.41, 5.74) is 0.359. The molecule has 6 nitrogen and oxygen atoms in total. The molecule has 1 fully saturated rings. The number of nitrogens with one attached hydrogen (secondary N) is 2. The van der Waals surface area contributed by atoms with Crippen molar-refractivity contribution in [3.63, 3.8) is 0 Å². The van der Waals surface area contributed by atoms with E-state index in [4.69, 9.17) is 21.4 Å². The second kappa shape index (κ2) is 6.21. The van der Waals surface area contributed by atoms with Gasteiger partial charge in [0.2, 0.25) is 5.91 Å².